The second-order valence-corrected chi connectivity index (χ2v) is 10.8. The highest BCUT2D eigenvalue weighted by Gasteiger charge is 2.30. The summed E-state index contributed by atoms with van der Waals surface area (Å²) in [5, 5.41) is 16.4. The SMILES string of the molecule is CNCCCN(C)c1ccc(-c2ccnc(Nc3cccc(CN4CCN(C(C(=O)O)c5ccccc5)CC4)c3)n2)cn1. The number of carboxylic acids is 1. The smallest absolute Gasteiger partial charge is 0.325 e. The topological polar surface area (TPSA) is 110 Å². The number of anilines is 3. The minimum atomic E-state index is -0.804. The lowest BCUT2D eigenvalue weighted by atomic mass is 10.0. The van der Waals surface area contributed by atoms with Gasteiger partial charge in [-0.3, -0.25) is 14.6 Å². The number of piperazine rings is 1. The number of benzene rings is 2. The zero-order valence-electron chi connectivity index (χ0n) is 24.9. The average Bonchev–Trinajstić information content (AvgIpc) is 3.03. The molecule has 10 nitrogen and oxygen atoms in total. The third kappa shape index (κ3) is 8.13. The fraction of sp³-hybridized carbons (Fsp3) is 0.333. The maximum atomic E-state index is 12.1. The number of aromatic nitrogens is 3. The second-order valence-electron chi connectivity index (χ2n) is 10.8. The molecule has 0 radical (unpaired) electrons. The summed E-state index contributed by atoms with van der Waals surface area (Å²) < 4.78 is 0. The lowest BCUT2D eigenvalue weighted by Crippen LogP contribution is -2.48. The van der Waals surface area contributed by atoms with Crippen LogP contribution in [0.15, 0.2) is 85.2 Å². The Bertz CT molecular complexity index is 1460. The molecule has 1 aliphatic heterocycles. The second kappa shape index (κ2) is 14.7. The van der Waals surface area contributed by atoms with Gasteiger partial charge in [0.25, 0.3) is 0 Å². The van der Waals surface area contributed by atoms with Gasteiger partial charge in [-0.05, 0) is 61.5 Å². The van der Waals surface area contributed by atoms with Crippen molar-refractivity contribution in [2.24, 2.45) is 0 Å². The molecule has 0 bridgehead atoms. The molecule has 1 unspecified atom stereocenters. The van der Waals surface area contributed by atoms with Gasteiger partial charge in [-0.25, -0.2) is 15.0 Å². The van der Waals surface area contributed by atoms with E-state index in [-0.39, 0.29) is 0 Å². The number of nitrogens with zero attached hydrogens (tertiary/aromatic N) is 6. The molecule has 3 heterocycles. The van der Waals surface area contributed by atoms with E-state index in [2.05, 4.69) is 54.5 Å². The predicted molar refractivity (Wildman–Crippen MR) is 170 cm³/mol. The van der Waals surface area contributed by atoms with Gasteiger partial charge in [-0.1, -0.05) is 42.5 Å². The van der Waals surface area contributed by atoms with Crippen molar-refractivity contribution in [3.63, 3.8) is 0 Å². The molecule has 3 N–H and O–H groups in total. The molecular weight excluding hydrogens is 540 g/mol. The standard InChI is InChI=1S/C33H40N8O2/c1-34-15-7-17-39(2)30-13-12-27(23-36-30)29-14-16-35-33(38-29)37-28-11-6-8-25(22-28)24-40-18-20-41(21-19-40)31(32(42)43)26-9-4-3-5-10-26/h3-6,8-14,16,22-23,31,34H,7,15,17-21,24H2,1-2H3,(H,42,43)(H,35,37,38). The number of hydrogen-bond donors (Lipinski definition) is 3. The van der Waals surface area contributed by atoms with Crippen LogP contribution in [0.4, 0.5) is 17.5 Å². The summed E-state index contributed by atoms with van der Waals surface area (Å²) in [5.74, 6) is 0.655. The first-order chi connectivity index (χ1) is 21.0. The van der Waals surface area contributed by atoms with Gasteiger partial charge in [-0.2, -0.15) is 0 Å². The largest absolute Gasteiger partial charge is 0.480 e. The van der Waals surface area contributed by atoms with Gasteiger partial charge in [0.05, 0.1) is 5.69 Å². The Morgan fingerprint density at radius 2 is 1.81 bits per heavy atom. The minimum Gasteiger partial charge on any atom is -0.480 e. The molecule has 43 heavy (non-hydrogen) atoms. The van der Waals surface area contributed by atoms with E-state index in [4.69, 9.17) is 4.98 Å². The maximum absolute atomic E-state index is 12.1. The van der Waals surface area contributed by atoms with Crippen molar-refractivity contribution >= 4 is 23.4 Å². The van der Waals surface area contributed by atoms with Crippen molar-refractivity contribution in [2.75, 3.05) is 63.6 Å². The molecule has 4 aromatic rings. The normalized spacial score (nSPS) is 14.7. The highest BCUT2D eigenvalue weighted by molar-refractivity contribution is 5.75. The first kappa shape index (κ1) is 30.1. The molecule has 224 valence electrons. The van der Waals surface area contributed by atoms with Crippen LogP contribution >= 0.6 is 0 Å². The number of rotatable bonds is 13. The van der Waals surface area contributed by atoms with E-state index in [9.17, 15) is 9.90 Å². The molecule has 1 aliphatic rings. The van der Waals surface area contributed by atoms with Crippen LogP contribution in [0.2, 0.25) is 0 Å². The third-order valence-corrected chi connectivity index (χ3v) is 7.72. The predicted octanol–water partition coefficient (Wildman–Crippen LogP) is 4.27. The summed E-state index contributed by atoms with van der Waals surface area (Å²) in [5.41, 5.74) is 4.65. The Labute approximate surface area is 253 Å². The van der Waals surface area contributed by atoms with Crippen molar-refractivity contribution in [1.29, 1.82) is 0 Å². The fourth-order valence-corrected chi connectivity index (χ4v) is 5.41. The van der Waals surface area contributed by atoms with Gasteiger partial charge in [0.2, 0.25) is 5.95 Å². The summed E-state index contributed by atoms with van der Waals surface area (Å²) in [6, 6.07) is 23.1. The van der Waals surface area contributed by atoms with Crippen molar-refractivity contribution in [3.05, 3.63) is 96.3 Å². The van der Waals surface area contributed by atoms with E-state index in [0.29, 0.717) is 19.0 Å². The summed E-state index contributed by atoms with van der Waals surface area (Å²) >= 11 is 0. The van der Waals surface area contributed by atoms with Gasteiger partial charge >= 0.3 is 5.97 Å². The Hall–Kier alpha value is -4.38. The van der Waals surface area contributed by atoms with E-state index < -0.39 is 12.0 Å². The quantitative estimate of drug-likeness (QED) is 0.198. The number of carbonyl (C=O) groups is 1. The molecule has 1 saturated heterocycles. The van der Waals surface area contributed by atoms with Crippen molar-refractivity contribution in [1.82, 2.24) is 30.1 Å². The van der Waals surface area contributed by atoms with Crippen molar-refractivity contribution in [3.8, 4) is 11.3 Å². The van der Waals surface area contributed by atoms with Crippen molar-refractivity contribution < 1.29 is 9.90 Å². The van der Waals surface area contributed by atoms with Crippen LogP contribution in [0, 0.1) is 0 Å². The first-order valence-corrected chi connectivity index (χ1v) is 14.8. The Kier molecular flexibility index (Phi) is 10.3. The number of pyridine rings is 1. The Morgan fingerprint density at radius 1 is 1.00 bits per heavy atom. The summed E-state index contributed by atoms with van der Waals surface area (Å²) in [6.07, 6.45) is 4.66. The number of aliphatic carboxylic acids is 1. The zero-order chi connectivity index (χ0) is 30.0. The first-order valence-electron chi connectivity index (χ1n) is 14.8. The molecule has 0 saturated carbocycles. The van der Waals surface area contributed by atoms with Crippen LogP contribution in [0.5, 0.6) is 0 Å². The summed E-state index contributed by atoms with van der Waals surface area (Å²) in [7, 11) is 4.02. The lowest BCUT2D eigenvalue weighted by Gasteiger charge is -2.37. The molecule has 0 aliphatic carbocycles. The van der Waals surface area contributed by atoms with E-state index in [0.717, 1.165) is 67.5 Å². The molecular formula is C33H40N8O2. The van der Waals surface area contributed by atoms with Gasteiger partial charge in [0.15, 0.2) is 0 Å². The van der Waals surface area contributed by atoms with Crippen LogP contribution in [0.1, 0.15) is 23.6 Å². The molecule has 2 aromatic heterocycles. The molecule has 0 amide bonds. The van der Waals surface area contributed by atoms with Crippen LogP contribution in [0.25, 0.3) is 11.3 Å². The molecule has 1 atom stereocenters. The van der Waals surface area contributed by atoms with Crippen LogP contribution < -0.4 is 15.5 Å². The van der Waals surface area contributed by atoms with Crippen LogP contribution in [-0.2, 0) is 11.3 Å². The van der Waals surface area contributed by atoms with E-state index in [1.807, 2.05) is 73.9 Å². The minimum absolute atomic E-state index is 0.525. The zero-order valence-corrected chi connectivity index (χ0v) is 24.9. The maximum Gasteiger partial charge on any atom is 0.325 e. The van der Waals surface area contributed by atoms with Crippen LogP contribution in [0.3, 0.4) is 0 Å². The number of carboxylic acid groups (broad SMARTS) is 1. The molecule has 1 fully saturated rings. The highest BCUT2D eigenvalue weighted by Crippen LogP contribution is 2.24. The van der Waals surface area contributed by atoms with E-state index in [1.54, 1.807) is 6.20 Å². The van der Waals surface area contributed by atoms with Gasteiger partial charge in [0, 0.05) is 70.0 Å². The van der Waals surface area contributed by atoms with E-state index >= 15 is 0 Å². The number of hydrogen-bond acceptors (Lipinski definition) is 9. The molecule has 10 heteroatoms. The lowest BCUT2D eigenvalue weighted by molar-refractivity contribution is -0.144. The monoisotopic (exact) mass is 580 g/mol. The Balaban J connectivity index is 1.17. The summed E-state index contributed by atoms with van der Waals surface area (Å²) in [6.45, 7) is 5.71. The average molecular weight is 581 g/mol. The van der Waals surface area contributed by atoms with Crippen LogP contribution in [-0.4, -0.2) is 89.2 Å². The van der Waals surface area contributed by atoms with Gasteiger partial charge in [-0.15, -0.1) is 0 Å². The Morgan fingerprint density at radius 3 is 2.53 bits per heavy atom. The van der Waals surface area contributed by atoms with E-state index in [1.165, 1.54) is 5.56 Å². The van der Waals surface area contributed by atoms with Gasteiger partial charge in [0.1, 0.15) is 11.9 Å². The molecule has 0 spiro atoms. The van der Waals surface area contributed by atoms with Crippen molar-refractivity contribution in [2.45, 2.75) is 19.0 Å². The third-order valence-electron chi connectivity index (χ3n) is 7.72. The molecule has 2 aromatic carbocycles. The van der Waals surface area contributed by atoms with Gasteiger partial charge < -0.3 is 20.6 Å². The highest BCUT2D eigenvalue weighted by atomic mass is 16.4. The fourth-order valence-electron chi connectivity index (χ4n) is 5.41. The molecule has 5 rings (SSSR count). The number of nitrogens with one attached hydrogen (secondary N) is 2. The summed E-state index contributed by atoms with van der Waals surface area (Å²) in [4.78, 5) is 32.4.